The van der Waals surface area contributed by atoms with Crippen LogP contribution in [0, 0.1) is 5.41 Å². The summed E-state index contributed by atoms with van der Waals surface area (Å²) in [6.45, 7) is 14.5. The minimum atomic E-state index is -0.507. The second kappa shape index (κ2) is 7.17. The van der Waals surface area contributed by atoms with Crippen molar-refractivity contribution < 1.29 is 9.53 Å². The Bertz CT molecular complexity index is 500. The number of carbonyl (C=O) groups excluding carboxylic acids is 1. The lowest BCUT2D eigenvalue weighted by Gasteiger charge is -2.34. The first kappa shape index (κ1) is 18.5. The lowest BCUT2D eigenvalue weighted by atomic mass is 9.81. The number of nitrogens with one attached hydrogen (secondary N) is 1. The van der Waals surface area contributed by atoms with E-state index in [1.54, 1.807) is 6.92 Å². The summed E-state index contributed by atoms with van der Waals surface area (Å²) in [6, 6.07) is 7.87. The molecule has 22 heavy (non-hydrogen) atoms. The molecule has 3 nitrogen and oxygen atoms in total. The smallest absolute Gasteiger partial charge is 0.261 e. The van der Waals surface area contributed by atoms with Crippen LogP contribution < -0.4 is 10.1 Å². The number of rotatable bonds is 6. The molecule has 0 aliphatic rings. The first-order chi connectivity index (χ1) is 10.0. The maximum atomic E-state index is 12.4. The van der Waals surface area contributed by atoms with Gasteiger partial charge in [-0.15, -0.1) is 0 Å². The van der Waals surface area contributed by atoms with E-state index in [9.17, 15) is 4.79 Å². The summed E-state index contributed by atoms with van der Waals surface area (Å²) in [5, 5.41) is 3.11. The van der Waals surface area contributed by atoms with Gasteiger partial charge in [-0.1, -0.05) is 45.9 Å². The van der Waals surface area contributed by atoms with Gasteiger partial charge in [-0.05, 0) is 50.7 Å². The highest BCUT2D eigenvalue weighted by Crippen LogP contribution is 2.27. The van der Waals surface area contributed by atoms with E-state index in [1.165, 1.54) is 0 Å². The first-order valence-electron chi connectivity index (χ1n) is 8.11. The van der Waals surface area contributed by atoms with Crippen molar-refractivity contribution in [3.8, 4) is 5.75 Å². The number of ether oxygens (including phenoxy) is 1. The number of amides is 1. The summed E-state index contributed by atoms with van der Waals surface area (Å²) in [5.74, 6) is 0.724. The Balaban J connectivity index is 2.69. The Morgan fingerprint density at radius 1 is 1.18 bits per heavy atom. The molecule has 1 atom stereocenters. The zero-order chi connectivity index (χ0) is 17.0. The van der Waals surface area contributed by atoms with Crippen LogP contribution in [0.3, 0.4) is 0 Å². The fourth-order valence-electron chi connectivity index (χ4n) is 2.96. The maximum Gasteiger partial charge on any atom is 0.261 e. The van der Waals surface area contributed by atoms with Gasteiger partial charge in [0.15, 0.2) is 6.10 Å². The van der Waals surface area contributed by atoms with Crippen molar-refractivity contribution in [3.05, 3.63) is 29.8 Å². The zero-order valence-corrected chi connectivity index (χ0v) is 15.1. The molecule has 124 valence electrons. The van der Waals surface area contributed by atoms with Crippen molar-refractivity contribution in [1.82, 2.24) is 5.32 Å². The van der Waals surface area contributed by atoms with Gasteiger partial charge in [-0.2, -0.15) is 0 Å². The topological polar surface area (TPSA) is 38.3 Å². The predicted molar refractivity (Wildman–Crippen MR) is 92.2 cm³/mol. The molecule has 0 aromatic heterocycles. The highest BCUT2D eigenvalue weighted by atomic mass is 16.5. The Hall–Kier alpha value is -1.51. The Labute approximate surface area is 135 Å². The molecule has 1 N–H and O–H groups in total. The molecule has 3 heteroatoms. The Morgan fingerprint density at radius 3 is 2.32 bits per heavy atom. The van der Waals surface area contributed by atoms with Gasteiger partial charge < -0.3 is 10.1 Å². The van der Waals surface area contributed by atoms with Crippen molar-refractivity contribution in [1.29, 1.82) is 0 Å². The number of hydrogen-bond acceptors (Lipinski definition) is 2. The van der Waals surface area contributed by atoms with Crippen LogP contribution in [0.1, 0.15) is 60.5 Å². The number of hydrogen-bond donors (Lipinski definition) is 1. The van der Waals surface area contributed by atoms with Crippen molar-refractivity contribution >= 4 is 5.91 Å². The van der Waals surface area contributed by atoms with Crippen LogP contribution in [0.5, 0.6) is 5.75 Å². The summed E-state index contributed by atoms with van der Waals surface area (Å²) >= 11 is 0. The number of benzene rings is 1. The van der Waals surface area contributed by atoms with Gasteiger partial charge in [0.05, 0.1) is 0 Å². The van der Waals surface area contributed by atoms with E-state index in [0.29, 0.717) is 0 Å². The van der Waals surface area contributed by atoms with Crippen molar-refractivity contribution in [2.24, 2.45) is 5.41 Å². The summed E-state index contributed by atoms with van der Waals surface area (Å²) in [5.41, 5.74) is 1.03. The van der Waals surface area contributed by atoms with Crippen LogP contribution >= 0.6 is 0 Å². The van der Waals surface area contributed by atoms with Gasteiger partial charge >= 0.3 is 0 Å². The third kappa shape index (κ3) is 6.08. The van der Waals surface area contributed by atoms with Gasteiger partial charge in [0.2, 0.25) is 0 Å². The molecule has 0 aliphatic heterocycles. The van der Waals surface area contributed by atoms with Crippen molar-refractivity contribution in [3.63, 3.8) is 0 Å². The van der Waals surface area contributed by atoms with Crippen molar-refractivity contribution in [2.45, 2.75) is 73.0 Å². The van der Waals surface area contributed by atoms with Crippen LogP contribution in [0.2, 0.25) is 0 Å². The highest BCUT2D eigenvalue weighted by Gasteiger charge is 2.29. The maximum absolute atomic E-state index is 12.4. The molecule has 0 radical (unpaired) electrons. The molecule has 0 saturated heterocycles. The van der Waals surface area contributed by atoms with E-state index >= 15 is 0 Å². The molecule has 0 fully saturated rings. The standard InChI is InChI=1S/C19H31NO2/c1-8-15-11-9-10-12-16(15)22-14(2)17(21)20-19(6,7)13-18(3,4)5/h9-12,14H,8,13H2,1-7H3,(H,20,21). The van der Waals surface area contributed by atoms with Crippen LogP contribution in [0.25, 0.3) is 0 Å². The van der Waals surface area contributed by atoms with E-state index in [4.69, 9.17) is 4.74 Å². The van der Waals surface area contributed by atoms with Gasteiger partial charge in [0, 0.05) is 5.54 Å². The Kier molecular flexibility index (Phi) is 6.04. The van der Waals surface area contributed by atoms with E-state index < -0.39 is 6.10 Å². The van der Waals surface area contributed by atoms with Gasteiger partial charge in [0.25, 0.3) is 5.91 Å². The highest BCUT2D eigenvalue weighted by molar-refractivity contribution is 5.81. The van der Waals surface area contributed by atoms with Crippen LogP contribution in [-0.2, 0) is 11.2 Å². The molecule has 1 rings (SSSR count). The molecule has 0 aliphatic carbocycles. The number of carbonyl (C=O) groups is 1. The molecule has 1 aromatic carbocycles. The van der Waals surface area contributed by atoms with E-state index in [0.717, 1.165) is 24.2 Å². The van der Waals surface area contributed by atoms with E-state index in [1.807, 2.05) is 24.3 Å². The van der Waals surface area contributed by atoms with Crippen LogP contribution in [0.4, 0.5) is 0 Å². The third-order valence-electron chi connectivity index (χ3n) is 3.46. The average Bonchev–Trinajstić information content (AvgIpc) is 2.35. The SMILES string of the molecule is CCc1ccccc1OC(C)C(=O)NC(C)(C)CC(C)(C)C. The summed E-state index contributed by atoms with van der Waals surface area (Å²) < 4.78 is 5.86. The average molecular weight is 305 g/mol. The normalized spacial score (nSPS) is 13.6. The van der Waals surface area contributed by atoms with E-state index in [2.05, 4.69) is 46.9 Å². The molecule has 1 amide bonds. The van der Waals surface area contributed by atoms with Crippen LogP contribution in [-0.4, -0.2) is 17.6 Å². The second-order valence-electron chi connectivity index (χ2n) is 7.83. The van der Waals surface area contributed by atoms with Crippen molar-refractivity contribution in [2.75, 3.05) is 0 Å². The number of aryl methyl sites for hydroxylation is 1. The summed E-state index contributed by atoms with van der Waals surface area (Å²) in [6.07, 6.45) is 1.29. The van der Waals surface area contributed by atoms with E-state index in [-0.39, 0.29) is 16.9 Å². The van der Waals surface area contributed by atoms with Gasteiger partial charge in [-0.3, -0.25) is 4.79 Å². The number of para-hydroxylation sites is 1. The minimum absolute atomic E-state index is 0.0693. The fourth-order valence-corrected chi connectivity index (χ4v) is 2.96. The fraction of sp³-hybridized carbons (Fsp3) is 0.632. The molecule has 1 unspecified atom stereocenters. The second-order valence-corrected chi connectivity index (χ2v) is 7.83. The molecular formula is C19H31NO2. The molecule has 0 spiro atoms. The molecule has 0 heterocycles. The largest absolute Gasteiger partial charge is 0.481 e. The quantitative estimate of drug-likeness (QED) is 0.848. The Morgan fingerprint density at radius 2 is 1.77 bits per heavy atom. The first-order valence-corrected chi connectivity index (χ1v) is 8.11. The van der Waals surface area contributed by atoms with Gasteiger partial charge in [0.1, 0.15) is 5.75 Å². The predicted octanol–water partition coefficient (Wildman–Crippen LogP) is 4.35. The molecule has 1 aromatic rings. The summed E-state index contributed by atoms with van der Waals surface area (Å²) in [4.78, 5) is 12.4. The van der Waals surface area contributed by atoms with Gasteiger partial charge in [-0.25, -0.2) is 0 Å². The minimum Gasteiger partial charge on any atom is -0.481 e. The molecule has 0 bridgehead atoms. The molecule has 0 saturated carbocycles. The van der Waals surface area contributed by atoms with Crippen LogP contribution in [0.15, 0.2) is 24.3 Å². The lowest BCUT2D eigenvalue weighted by Crippen LogP contribution is -2.50. The lowest BCUT2D eigenvalue weighted by molar-refractivity contribution is -0.129. The molecular weight excluding hydrogens is 274 g/mol. The zero-order valence-electron chi connectivity index (χ0n) is 15.1. The monoisotopic (exact) mass is 305 g/mol. The summed E-state index contributed by atoms with van der Waals surface area (Å²) in [7, 11) is 0. The third-order valence-corrected chi connectivity index (χ3v) is 3.46.